The molecular formula is C21H22FN3OS. The number of hydrogen-bond acceptors (Lipinski definition) is 4. The molecule has 3 aromatic rings. The maximum absolute atomic E-state index is 13.4. The van der Waals surface area contributed by atoms with E-state index in [1.807, 2.05) is 48.7 Å². The number of nitrogens with zero attached hydrogens (tertiary/aromatic N) is 3. The summed E-state index contributed by atoms with van der Waals surface area (Å²) in [6.07, 6.45) is 1.54. The highest BCUT2D eigenvalue weighted by Crippen LogP contribution is 2.27. The number of rotatable bonds is 8. The van der Waals surface area contributed by atoms with Crippen LogP contribution in [0.15, 0.2) is 66.3 Å². The van der Waals surface area contributed by atoms with Gasteiger partial charge < -0.3 is 4.74 Å². The Morgan fingerprint density at radius 1 is 1.22 bits per heavy atom. The van der Waals surface area contributed by atoms with Gasteiger partial charge in [0.25, 0.3) is 0 Å². The van der Waals surface area contributed by atoms with Crippen LogP contribution in [-0.2, 0) is 12.3 Å². The lowest BCUT2D eigenvalue weighted by Crippen LogP contribution is -2.12. The Balaban J connectivity index is 1.75. The molecule has 0 N–H and O–H groups in total. The van der Waals surface area contributed by atoms with E-state index >= 15 is 0 Å². The molecule has 4 nitrogen and oxygen atoms in total. The summed E-state index contributed by atoms with van der Waals surface area (Å²) in [6, 6.07) is 14.5. The van der Waals surface area contributed by atoms with Crippen LogP contribution in [0.3, 0.4) is 0 Å². The summed E-state index contributed by atoms with van der Waals surface area (Å²) in [6.45, 7) is 8.39. The minimum absolute atomic E-state index is 0.235. The minimum Gasteiger partial charge on any atom is -0.483 e. The van der Waals surface area contributed by atoms with Crippen LogP contribution >= 0.6 is 11.8 Å². The predicted molar refractivity (Wildman–Crippen MR) is 106 cm³/mol. The summed E-state index contributed by atoms with van der Waals surface area (Å²) in [5, 5.41) is 9.38. The number of halogens is 1. The Bertz CT molecular complexity index is 908. The molecule has 1 atom stereocenters. The van der Waals surface area contributed by atoms with E-state index in [0.717, 1.165) is 22.3 Å². The Hall–Kier alpha value is -2.60. The van der Waals surface area contributed by atoms with Crippen LogP contribution in [0.1, 0.15) is 30.0 Å². The molecule has 140 valence electrons. The van der Waals surface area contributed by atoms with Gasteiger partial charge in [0, 0.05) is 12.3 Å². The van der Waals surface area contributed by atoms with E-state index in [-0.39, 0.29) is 11.9 Å². The van der Waals surface area contributed by atoms with Gasteiger partial charge in [-0.3, -0.25) is 4.57 Å². The van der Waals surface area contributed by atoms with Crippen LogP contribution in [0.4, 0.5) is 4.39 Å². The Kier molecular flexibility index (Phi) is 6.29. The predicted octanol–water partition coefficient (Wildman–Crippen LogP) is 5.34. The first kappa shape index (κ1) is 19.2. The van der Waals surface area contributed by atoms with Crippen molar-refractivity contribution in [3.63, 3.8) is 0 Å². The lowest BCUT2D eigenvalue weighted by molar-refractivity contribution is 0.210. The van der Waals surface area contributed by atoms with E-state index in [0.29, 0.717) is 12.3 Å². The van der Waals surface area contributed by atoms with Crippen LogP contribution in [0.5, 0.6) is 5.75 Å². The number of aryl methyl sites for hydroxylation is 1. The highest BCUT2D eigenvalue weighted by molar-refractivity contribution is 7.98. The molecular weight excluding hydrogens is 361 g/mol. The van der Waals surface area contributed by atoms with Gasteiger partial charge in [-0.25, -0.2) is 4.39 Å². The van der Waals surface area contributed by atoms with E-state index in [9.17, 15) is 4.39 Å². The highest BCUT2D eigenvalue weighted by Gasteiger charge is 2.19. The minimum atomic E-state index is -0.260. The van der Waals surface area contributed by atoms with Crippen molar-refractivity contribution in [3.8, 4) is 5.75 Å². The van der Waals surface area contributed by atoms with E-state index in [1.54, 1.807) is 12.1 Å². The molecule has 27 heavy (non-hydrogen) atoms. The molecule has 0 aliphatic carbocycles. The van der Waals surface area contributed by atoms with Crippen molar-refractivity contribution in [1.29, 1.82) is 0 Å². The molecule has 0 amide bonds. The molecule has 0 spiro atoms. The second-order valence-electron chi connectivity index (χ2n) is 6.23. The molecule has 2 aromatic carbocycles. The first-order valence-corrected chi connectivity index (χ1v) is 9.70. The smallest absolute Gasteiger partial charge is 0.191 e. The molecule has 6 heteroatoms. The van der Waals surface area contributed by atoms with Crippen LogP contribution in [0.2, 0.25) is 0 Å². The molecule has 1 heterocycles. The van der Waals surface area contributed by atoms with Crippen LogP contribution in [0, 0.1) is 12.7 Å². The number of ether oxygens (including phenoxy) is 1. The maximum Gasteiger partial charge on any atom is 0.191 e. The summed E-state index contributed by atoms with van der Waals surface area (Å²) < 4.78 is 21.4. The van der Waals surface area contributed by atoms with Gasteiger partial charge in [-0.1, -0.05) is 47.7 Å². The summed E-state index contributed by atoms with van der Waals surface area (Å²) in [5.41, 5.74) is 2.08. The van der Waals surface area contributed by atoms with Crippen molar-refractivity contribution in [2.24, 2.45) is 0 Å². The quantitative estimate of drug-likeness (QED) is 0.389. The summed E-state index contributed by atoms with van der Waals surface area (Å²) in [4.78, 5) is 0. The number of benzene rings is 2. The van der Waals surface area contributed by atoms with Gasteiger partial charge in [-0.15, -0.1) is 16.8 Å². The molecule has 0 saturated heterocycles. The zero-order chi connectivity index (χ0) is 19.2. The Morgan fingerprint density at radius 3 is 2.70 bits per heavy atom. The first-order valence-electron chi connectivity index (χ1n) is 8.71. The third-order valence-corrected chi connectivity index (χ3v) is 5.05. The number of hydrogen-bond donors (Lipinski definition) is 0. The zero-order valence-corrected chi connectivity index (χ0v) is 16.2. The maximum atomic E-state index is 13.4. The van der Waals surface area contributed by atoms with Crippen molar-refractivity contribution in [1.82, 2.24) is 14.8 Å². The molecule has 0 aliphatic rings. The summed E-state index contributed by atoms with van der Waals surface area (Å²) in [5.74, 6) is 1.90. The van der Waals surface area contributed by atoms with Crippen molar-refractivity contribution in [3.05, 3.63) is 84.0 Å². The van der Waals surface area contributed by atoms with Gasteiger partial charge in [0.1, 0.15) is 11.6 Å². The zero-order valence-electron chi connectivity index (χ0n) is 15.4. The monoisotopic (exact) mass is 383 g/mol. The number of allylic oxidation sites excluding steroid dienone is 1. The van der Waals surface area contributed by atoms with Gasteiger partial charge in [0.2, 0.25) is 0 Å². The normalized spacial score (nSPS) is 12.0. The van der Waals surface area contributed by atoms with E-state index in [2.05, 4.69) is 16.8 Å². The van der Waals surface area contributed by atoms with Gasteiger partial charge in [-0.05, 0) is 43.7 Å². The third kappa shape index (κ3) is 4.98. The van der Waals surface area contributed by atoms with E-state index < -0.39 is 0 Å². The molecule has 0 saturated carbocycles. The Labute approximate surface area is 163 Å². The lowest BCUT2D eigenvalue weighted by atomic mass is 10.2. The first-order chi connectivity index (χ1) is 13.1. The second kappa shape index (κ2) is 8.86. The van der Waals surface area contributed by atoms with Crippen molar-refractivity contribution in [2.45, 2.75) is 37.4 Å². The highest BCUT2D eigenvalue weighted by atomic mass is 32.2. The molecule has 0 fully saturated rings. The number of thioether (sulfide) groups is 1. The summed E-state index contributed by atoms with van der Waals surface area (Å²) in [7, 11) is 0. The third-order valence-electron chi connectivity index (χ3n) is 4.01. The van der Waals surface area contributed by atoms with Crippen molar-refractivity contribution < 1.29 is 9.13 Å². The van der Waals surface area contributed by atoms with Crippen LogP contribution in [-0.4, -0.2) is 14.8 Å². The summed E-state index contributed by atoms with van der Waals surface area (Å²) >= 11 is 1.51. The van der Waals surface area contributed by atoms with Gasteiger partial charge >= 0.3 is 0 Å². The standard InChI is InChI=1S/C21H22FN3OS/c1-4-12-25-20(16(3)26-19-10-8-15(2)9-11-19)23-24-21(25)27-14-17-6-5-7-18(22)13-17/h4-11,13,16H,1,12,14H2,2-3H3. The molecule has 1 unspecified atom stereocenters. The van der Waals surface area contributed by atoms with Gasteiger partial charge in [0.05, 0.1) is 0 Å². The van der Waals surface area contributed by atoms with E-state index in [1.165, 1.54) is 29.5 Å². The fourth-order valence-electron chi connectivity index (χ4n) is 2.66. The van der Waals surface area contributed by atoms with Gasteiger partial charge in [-0.2, -0.15) is 0 Å². The van der Waals surface area contributed by atoms with Crippen LogP contribution < -0.4 is 4.74 Å². The van der Waals surface area contributed by atoms with Crippen molar-refractivity contribution >= 4 is 11.8 Å². The lowest BCUT2D eigenvalue weighted by Gasteiger charge is -2.16. The molecule has 0 aliphatic heterocycles. The molecule has 0 radical (unpaired) electrons. The molecule has 0 bridgehead atoms. The SMILES string of the molecule is C=CCn1c(SCc2cccc(F)c2)nnc1C(C)Oc1ccc(C)cc1. The Morgan fingerprint density at radius 2 is 2.00 bits per heavy atom. The van der Waals surface area contributed by atoms with Crippen molar-refractivity contribution in [2.75, 3.05) is 0 Å². The average molecular weight is 383 g/mol. The van der Waals surface area contributed by atoms with E-state index in [4.69, 9.17) is 4.74 Å². The van der Waals surface area contributed by atoms with Gasteiger partial charge in [0.15, 0.2) is 17.1 Å². The largest absolute Gasteiger partial charge is 0.483 e. The molecule has 3 rings (SSSR count). The fourth-order valence-corrected chi connectivity index (χ4v) is 3.55. The topological polar surface area (TPSA) is 39.9 Å². The number of aromatic nitrogens is 3. The van der Waals surface area contributed by atoms with Crippen LogP contribution in [0.25, 0.3) is 0 Å². The molecule has 1 aromatic heterocycles. The fraction of sp³-hybridized carbons (Fsp3) is 0.238. The second-order valence-corrected chi connectivity index (χ2v) is 7.17. The average Bonchev–Trinajstić information content (AvgIpc) is 3.05.